The average Bonchev–Trinajstić information content (AvgIpc) is 3.27. The molecule has 0 bridgehead atoms. The quantitative estimate of drug-likeness (QED) is 0.426. The zero-order valence-corrected chi connectivity index (χ0v) is 21.3. The van der Waals surface area contributed by atoms with Crippen molar-refractivity contribution in [1.82, 2.24) is 9.55 Å². The van der Waals surface area contributed by atoms with Crippen LogP contribution in [0.3, 0.4) is 0 Å². The number of benzene rings is 2. The third kappa shape index (κ3) is 4.46. The molecule has 0 amide bonds. The smallest absolute Gasteiger partial charge is 0.330 e. The molecule has 0 saturated heterocycles. The second-order valence-corrected chi connectivity index (χ2v) is 14.1. The predicted octanol–water partition coefficient (Wildman–Crippen LogP) is 2.77. The van der Waals surface area contributed by atoms with Crippen LogP contribution in [0.15, 0.2) is 88.6 Å². The molecule has 0 radical (unpaired) electrons. The zero-order chi connectivity index (χ0) is 25.3. The van der Waals surface area contributed by atoms with Gasteiger partial charge in [-0.15, -0.1) is 0 Å². The largest absolute Gasteiger partial charge is 0.403 e. The first-order valence-corrected chi connectivity index (χ1v) is 13.4. The summed E-state index contributed by atoms with van der Waals surface area (Å²) < 4.78 is 14.3. The standard InChI is InChI=1S/C27H29N3O4Si/c1-20-17-30(25(32)29-24(20)31)23-15-16-27(18-28,34-23)19-33-35(26(2,3)4,21-11-7-5-8-12-21)22-13-9-6-10-14-22/h5-17,23H,19H2,1-4H3,(H,29,31,32)/t23-,27-/m1/s1. The van der Waals surface area contributed by atoms with Crippen LogP contribution in [-0.2, 0) is 9.16 Å². The molecular weight excluding hydrogens is 458 g/mol. The van der Waals surface area contributed by atoms with E-state index >= 15 is 0 Å². The summed E-state index contributed by atoms with van der Waals surface area (Å²) in [5, 5.41) is 12.1. The summed E-state index contributed by atoms with van der Waals surface area (Å²) in [6.07, 6.45) is 3.90. The Morgan fingerprint density at radius 2 is 1.66 bits per heavy atom. The summed E-state index contributed by atoms with van der Waals surface area (Å²) in [6.45, 7) is 8.08. The molecule has 1 N–H and O–H groups in total. The molecule has 7 nitrogen and oxygen atoms in total. The summed E-state index contributed by atoms with van der Waals surface area (Å²) in [7, 11) is -2.89. The van der Waals surface area contributed by atoms with Gasteiger partial charge in [-0.3, -0.25) is 14.3 Å². The molecule has 8 heteroatoms. The highest BCUT2D eigenvalue weighted by Gasteiger charge is 2.52. The fraction of sp³-hybridized carbons (Fsp3) is 0.296. The van der Waals surface area contributed by atoms with E-state index in [-0.39, 0.29) is 11.6 Å². The molecule has 180 valence electrons. The first kappa shape index (κ1) is 24.6. The number of aromatic amines is 1. The molecule has 0 saturated carbocycles. The van der Waals surface area contributed by atoms with Gasteiger partial charge in [-0.1, -0.05) is 81.4 Å². The maximum absolute atomic E-state index is 12.4. The Bertz CT molecular complexity index is 1340. The van der Waals surface area contributed by atoms with E-state index in [4.69, 9.17) is 9.16 Å². The molecule has 0 fully saturated rings. The molecule has 1 aliphatic rings. The topological polar surface area (TPSA) is 97.1 Å². The zero-order valence-electron chi connectivity index (χ0n) is 20.3. The van der Waals surface area contributed by atoms with Gasteiger partial charge in [-0.2, -0.15) is 5.26 Å². The fourth-order valence-electron chi connectivity index (χ4n) is 4.61. The number of aryl methyl sites for hydroxylation is 1. The maximum Gasteiger partial charge on any atom is 0.330 e. The van der Waals surface area contributed by atoms with Crippen molar-refractivity contribution in [2.45, 2.75) is 44.6 Å². The molecule has 1 aliphatic heterocycles. The molecule has 2 atom stereocenters. The van der Waals surface area contributed by atoms with Crippen molar-refractivity contribution in [2.75, 3.05) is 6.61 Å². The van der Waals surface area contributed by atoms with E-state index in [0.29, 0.717) is 5.56 Å². The molecule has 0 unspecified atom stereocenters. The number of ether oxygens (including phenoxy) is 1. The number of rotatable bonds is 6. The Hall–Kier alpha value is -3.51. The first-order chi connectivity index (χ1) is 16.6. The van der Waals surface area contributed by atoms with E-state index in [9.17, 15) is 14.9 Å². The Balaban J connectivity index is 1.72. The van der Waals surface area contributed by atoms with Gasteiger partial charge in [0.15, 0.2) is 11.8 Å². The second-order valence-electron chi connectivity index (χ2n) is 9.80. The van der Waals surface area contributed by atoms with Crippen LogP contribution >= 0.6 is 0 Å². The van der Waals surface area contributed by atoms with Gasteiger partial charge in [-0.25, -0.2) is 4.79 Å². The summed E-state index contributed by atoms with van der Waals surface area (Å²) in [6, 6.07) is 22.5. The Morgan fingerprint density at radius 1 is 1.09 bits per heavy atom. The van der Waals surface area contributed by atoms with Crippen molar-refractivity contribution in [3.63, 3.8) is 0 Å². The highest BCUT2D eigenvalue weighted by Crippen LogP contribution is 2.38. The fourth-order valence-corrected chi connectivity index (χ4v) is 9.20. The van der Waals surface area contributed by atoms with E-state index < -0.39 is 31.4 Å². The molecule has 35 heavy (non-hydrogen) atoms. The van der Waals surface area contributed by atoms with Crippen molar-refractivity contribution in [3.8, 4) is 6.07 Å². The molecule has 3 aromatic rings. The molecule has 0 spiro atoms. The lowest BCUT2D eigenvalue weighted by Gasteiger charge is -2.44. The normalized spacial score (nSPS) is 20.0. The van der Waals surface area contributed by atoms with Crippen LogP contribution in [0, 0.1) is 18.3 Å². The number of nitriles is 1. The summed E-state index contributed by atoms with van der Waals surface area (Å²) in [5.41, 5.74) is -2.06. The number of aromatic nitrogens is 2. The van der Waals surface area contributed by atoms with Crippen LogP contribution in [0.5, 0.6) is 0 Å². The summed E-state index contributed by atoms with van der Waals surface area (Å²) >= 11 is 0. The van der Waals surface area contributed by atoms with Crippen molar-refractivity contribution in [2.24, 2.45) is 0 Å². The van der Waals surface area contributed by atoms with Crippen LogP contribution in [0.4, 0.5) is 0 Å². The minimum Gasteiger partial charge on any atom is -0.403 e. The van der Waals surface area contributed by atoms with E-state index in [2.05, 4.69) is 56.1 Å². The van der Waals surface area contributed by atoms with Gasteiger partial charge in [0.1, 0.15) is 6.07 Å². The highest BCUT2D eigenvalue weighted by atomic mass is 28.4. The van der Waals surface area contributed by atoms with Crippen molar-refractivity contribution in [3.05, 3.63) is 105 Å². The van der Waals surface area contributed by atoms with Crippen LogP contribution in [0.1, 0.15) is 32.6 Å². The lowest BCUT2D eigenvalue weighted by Crippen LogP contribution is -2.67. The van der Waals surface area contributed by atoms with Gasteiger partial charge >= 0.3 is 5.69 Å². The lowest BCUT2D eigenvalue weighted by atomic mass is 10.1. The third-order valence-electron chi connectivity index (χ3n) is 6.39. The monoisotopic (exact) mass is 487 g/mol. The van der Waals surface area contributed by atoms with Crippen molar-refractivity contribution < 1.29 is 9.16 Å². The van der Waals surface area contributed by atoms with Gasteiger partial charge in [0.25, 0.3) is 13.9 Å². The number of nitrogens with zero attached hydrogens (tertiary/aromatic N) is 2. The van der Waals surface area contributed by atoms with E-state index in [1.165, 1.54) is 10.8 Å². The average molecular weight is 488 g/mol. The van der Waals surface area contributed by atoms with Gasteiger partial charge in [0.2, 0.25) is 0 Å². The summed E-state index contributed by atoms with van der Waals surface area (Å²) in [5.74, 6) is 0. The molecule has 0 aliphatic carbocycles. The van der Waals surface area contributed by atoms with Crippen LogP contribution in [0.25, 0.3) is 0 Å². The Labute approximate surface area is 205 Å². The molecule has 1 aromatic heterocycles. The Morgan fingerprint density at radius 3 is 2.17 bits per heavy atom. The molecular formula is C27H29N3O4Si. The van der Waals surface area contributed by atoms with Gasteiger partial charge in [0, 0.05) is 11.8 Å². The van der Waals surface area contributed by atoms with Crippen LogP contribution < -0.4 is 21.6 Å². The number of H-pyrrole nitrogens is 1. The minimum absolute atomic E-state index is 0.0130. The maximum atomic E-state index is 12.4. The van der Waals surface area contributed by atoms with Gasteiger partial charge in [0.05, 0.1) is 6.61 Å². The van der Waals surface area contributed by atoms with E-state index in [1.807, 2.05) is 36.4 Å². The van der Waals surface area contributed by atoms with Gasteiger partial charge in [-0.05, 0) is 34.5 Å². The second kappa shape index (κ2) is 9.27. The molecule has 2 heterocycles. The third-order valence-corrected chi connectivity index (χ3v) is 11.4. The Kier molecular flexibility index (Phi) is 6.51. The number of nitrogens with one attached hydrogen (secondary N) is 1. The lowest BCUT2D eigenvalue weighted by molar-refractivity contribution is -0.0481. The molecule has 4 rings (SSSR count). The van der Waals surface area contributed by atoms with Gasteiger partial charge < -0.3 is 9.16 Å². The number of hydrogen-bond acceptors (Lipinski definition) is 5. The van der Waals surface area contributed by atoms with Crippen LogP contribution in [0.2, 0.25) is 5.04 Å². The van der Waals surface area contributed by atoms with E-state index in [1.54, 1.807) is 19.1 Å². The van der Waals surface area contributed by atoms with E-state index in [0.717, 1.165) is 10.4 Å². The predicted molar refractivity (Wildman–Crippen MR) is 137 cm³/mol. The van der Waals surface area contributed by atoms with Crippen molar-refractivity contribution >= 4 is 18.7 Å². The first-order valence-electron chi connectivity index (χ1n) is 11.5. The van der Waals surface area contributed by atoms with Crippen LogP contribution in [-0.4, -0.2) is 30.1 Å². The number of hydrogen-bond donors (Lipinski definition) is 1. The molecule has 2 aromatic carbocycles. The summed E-state index contributed by atoms with van der Waals surface area (Å²) in [4.78, 5) is 26.4. The van der Waals surface area contributed by atoms with Crippen molar-refractivity contribution in [1.29, 1.82) is 5.26 Å². The minimum atomic E-state index is -2.89. The SMILES string of the molecule is Cc1cn([C@H]2C=C[C@@](C#N)(CO[Si](c3ccccc3)(c3ccccc3)C(C)(C)C)O2)c(=O)[nH]c1=O. The highest BCUT2D eigenvalue weighted by molar-refractivity contribution is 6.99.